The molecule has 2 nitrogen and oxygen atoms in total. The molecule has 2 rings (SSSR count). The van der Waals surface area contributed by atoms with Crippen molar-refractivity contribution in [3.63, 3.8) is 0 Å². The number of rotatable bonds is 6. The minimum Gasteiger partial charge on any atom is -0.491 e. The Morgan fingerprint density at radius 3 is 2.42 bits per heavy atom. The van der Waals surface area contributed by atoms with E-state index in [-0.39, 0.29) is 17.3 Å². The Labute approximate surface area is 111 Å². The molecule has 0 aliphatic rings. The number of Topliss-reactive ketones (excluding diaryl/α,β-unsaturated/α-hetero) is 1. The Balaban J connectivity index is 1.76. The van der Waals surface area contributed by atoms with Crippen molar-refractivity contribution in [2.24, 2.45) is 0 Å². The Morgan fingerprint density at radius 2 is 1.68 bits per heavy atom. The second kappa shape index (κ2) is 6.69. The molecule has 98 valence electrons. The van der Waals surface area contributed by atoms with Crippen LogP contribution in [-0.4, -0.2) is 12.4 Å². The fourth-order valence-electron chi connectivity index (χ4n) is 1.75. The second-order valence-corrected chi connectivity index (χ2v) is 4.17. The molecular formula is C16H15FO2. The molecule has 2 aromatic rings. The standard InChI is InChI=1S/C16H15FO2/c17-14-9-4-5-11-16(14)19-12-6-10-15(18)13-7-2-1-3-8-13/h1-5,7-9,11H,6,10,12H2. The van der Waals surface area contributed by atoms with Crippen LogP contribution in [0.15, 0.2) is 54.6 Å². The van der Waals surface area contributed by atoms with E-state index in [1.165, 1.54) is 6.07 Å². The molecule has 0 spiro atoms. The first-order valence-electron chi connectivity index (χ1n) is 6.23. The van der Waals surface area contributed by atoms with E-state index < -0.39 is 0 Å². The van der Waals surface area contributed by atoms with Gasteiger partial charge in [0.2, 0.25) is 0 Å². The fourth-order valence-corrected chi connectivity index (χ4v) is 1.75. The number of ketones is 1. The molecule has 0 atom stereocenters. The largest absolute Gasteiger partial charge is 0.491 e. The van der Waals surface area contributed by atoms with Crippen LogP contribution in [0.25, 0.3) is 0 Å². The molecule has 0 aliphatic carbocycles. The van der Waals surface area contributed by atoms with E-state index in [0.717, 1.165) is 0 Å². The van der Waals surface area contributed by atoms with Crippen LogP contribution in [0.2, 0.25) is 0 Å². The van der Waals surface area contributed by atoms with Crippen LogP contribution in [-0.2, 0) is 0 Å². The predicted molar refractivity (Wildman–Crippen MR) is 71.9 cm³/mol. The van der Waals surface area contributed by atoms with Crippen molar-refractivity contribution in [3.05, 3.63) is 66.0 Å². The van der Waals surface area contributed by atoms with Gasteiger partial charge in [0.15, 0.2) is 17.3 Å². The molecule has 0 fully saturated rings. The van der Waals surface area contributed by atoms with Crippen molar-refractivity contribution in [1.29, 1.82) is 0 Å². The summed E-state index contributed by atoms with van der Waals surface area (Å²) in [5.41, 5.74) is 0.702. The van der Waals surface area contributed by atoms with Gasteiger partial charge in [-0.2, -0.15) is 0 Å². The average Bonchev–Trinajstić information content (AvgIpc) is 2.46. The molecule has 3 heteroatoms. The number of halogens is 1. The van der Waals surface area contributed by atoms with Gasteiger partial charge in [0.05, 0.1) is 6.61 Å². The Hall–Kier alpha value is -2.16. The zero-order chi connectivity index (χ0) is 13.5. The van der Waals surface area contributed by atoms with Gasteiger partial charge in [0, 0.05) is 12.0 Å². The number of carbonyl (C=O) groups is 1. The SMILES string of the molecule is O=C(CCCOc1ccccc1F)c1ccccc1. The number of benzene rings is 2. The summed E-state index contributed by atoms with van der Waals surface area (Å²) < 4.78 is 18.5. The van der Waals surface area contributed by atoms with Gasteiger partial charge in [-0.15, -0.1) is 0 Å². The molecule has 0 radical (unpaired) electrons. The zero-order valence-corrected chi connectivity index (χ0v) is 10.5. The second-order valence-electron chi connectivity index (χ2n) is 4.17. The minimum absolute atomic E-state index is 0.0812. The predicted octanol–water partition coefficient (Wildman–Crippen LogP) is 3.87. The van der Waals surface area contributed by atoms with Gasteiger partial charge in [0.1, 0.15) is 0 Å². The van der Waals surface area contributed by atoms with Gasteiger partial charge in [-0.25, -0.2) is 4.39 Å². The van der Waals surface area contributed by atoms with Crippen molar-refractivity contribution < 1.29 is 13.9 Å². The maximum absolute atomic E-state index is 13.2. The smallest absolute Gasteiger partial charge is 0.165 e. The monoisotopic (exact) mass is 258 g/mol. The maximum Gasteiger partial charge on any atom is 0.165 e. The van der Waals surface area contributed by atoms with Crippen LogP contribution < -0.4 is 4.74 Å². The number of hydrogen-bond donors (Lipinski definition) is 0. The summed E-state index contributed by atoms with van der Waals surface area (Å²) >= 11 is 0. The zero-order valence-electron chi connectivity index (χ0n) is 10.5. The lowest BCUT2D eigenvalue weighted by Crippen LogP contribution is -2.04. The van der Waals surface area contributed by atoms with Crippen LogP contribution in [0.1, 0.15) is 23.2 Å². The van der Waals surface area contributed by atoms with Gasteiger partial charge >= 0.3 is 0 Å². The third kappa shape index (κ3) is 3.91. The third-order valence-electron chi connectivity index (χ3n) is 2.74. The Morgan fingerprint density at radius 1 is 1.00 bits per heavy atom. The van der Waals surface area contributed by atoms with Gasteiger partial charge < -0.3 is 4.74 Å². The minimum atomic E-state index is -0.378. The molecule has 0 heterocycles. The first-order valence-corrected chi connectivity index (χ1v) is 6.23. The van der Waals surface area contributed by atoms with E-state index in [1.807, 2.05) is 18.2 Å². The molecule has 0 saturated heterocycles. The summed E-state index contributed by atoms with van der Waals surface area (Å²) in [6, 6.07) is 15.4. The molecule has 0 bridgehead atoms. The van der Waals surface area contributed by atoms with Crippen LogP contribution in [0, 0.1) is 5.82 Å². The normalized spacial score (nSPS) is 10.2. The van der Waals surface area contributed by atoms with Gasteiger partial charge in [0.25, 0.3) is 0 Å². The summed E-state index contributed by atoms with van der Waals surface area (Å²) in [7, 11) is 0. The lowest BCUT2D eigenvalue weighted by atomic mass is 10.1. The van der Waals surface area contributed by atoms with E-state index in [4.69, 9.17) is 4.74 Å². The summed E-state index contributed by atoms with van der Waals surface area (Å²) in [5, 5.41) is 0. The van der Waals surface area contributed by atoms with E-state index in [1.54, 1.807) is 30.3 Å². The molecule has 0 aliphatic heterocycles. The molecule has 2 aromatic carbocycles. The van der Waals surface area contributed by atoms with E-state index in [9.17, 15) is 9.18 Å². The summed E-state index contributed by atoms with van der Waals surface area (Å²) in [6.45, 7) is 0.333. The molecule has 0 aromatic heterocycles. The highest BCUT2D eigenvalue weighted by Gasteiger charge is 2.05. The number of carbonyl (C=O) groups excluding carboxylic acids is 1. The molecule has 0 unspecified atom stereocenters. The Bertz CT molecular complexity index is 537. The fraction of sp³-hybridized carbons (Fsp3) is 0.188. The van der Waals surface area contributed by atoms with Gasteiger partial charge in [-0.3, -0.25) is 4.79 Å². The first kappa shape index (κ1) is 13.3. The van der Waals surface area contributed by atoms with E-state index >= 15 is 0 Å². The highest BCUT2D eigenvalue weighted by Crippen LogP contribution is 2.15. The lowest BCUT2D eigenvalue weighted by molar-refractivity contribution is 0.0973. The van der Waals surface area contributed by atoms with E-state index in [2.05, 4.69) is 0 Å². The number of ether oxygens (including phenoxy) is 1. The summed E-state index contributed by atoms with van der Waals surface area (Å²) in [6.07, 6.45) is 0.973. The summed E-state index contributed by atoms with van der Waals surface area (Å²) in [5.74, 6) is -0.0655. The van der Waals surface area contributed by atoms with E-state index in [0.29, 0.717) is 25.0 Å². The van der Waals surface area contributed by atoms with Crippen molar-refractivity contribution in [1.82, 2.24) is 0 Å². The molecule has 0 N–H and O–H groups in total. The van der Waals surface area contributed by atoms with Gasteiger partial charge in [-0.05, 0) is 18.6 Å². The number of hydrogen-bond acceptors (Lipinski definition) is 2. The molecule has 0 saturated carbocycles. The topological polar surface area (TPSA) is 26.3 Å². The van der Waals surface area contributed by atoms with Crippen molar-refractivity contribution in [3.8, 4) is 5.75 Å². The van der Waals surface area contributed by atoms with Crippen LogP contribution in [0.5, 0.6) is 5.75 Å². The van der Waals surface area contributed by atoms with Crippen molar-refractivity contribution >= 4 is 5.78 Å². The lowest BCUT2D eigenvalue weighted by Gasteiger charge is -2.06. The average molecular weight is 258 g/mol. The van der Waals surface area contributed by atoms with Crippen molar-refractivity contribution in [2.75, 3.05) is 6.61 Å². The molecule has 0 amide bonds. The van der Waals surface area contributed by atoms with Crippen LogP contribution in [0.4, 0.5) is 4.39 Å². The molecule has 19 heavy (non-hydrogen) atoms. The highest BCUT2D eigenvalue weighted by molar-refractivity contribution is 5.95. The molecular weight excluding hydrogens is 243 g/mol. The third-order valence-corrected chi connectivity index (χ3v) is 2.74. The maximum atomic E-state index is 13.2. The highest BCUT2D eigenvalue weighted by atomic mass is 19.1. The Kier molecular flexibility index (Phi) is 4.67. The first-order chi connectivity index (χ1) is 9.27. The van der Waals surface area contributed by atoms with Crippen LogP contribution in [0.3, 0.4) is 0 Å². The summed E-state index contributed by atoms with van der Waals surface area (Å²) in [4.78, 5) is 11.8. The number of para-hydroxylation sites is 1. The van der Waals surface area contributed by atoms with Crippen molar-refractivity contribution in [2.45, 2.75) is 12.8 Å². The van der Waals surface area contributed by atoms with Gasteiger partial charge in [-0.1, -0.05) is 42.5 Å². The quantitative estimate of drug-likeness (QED) is 0.580. The van der Waals surface area contributed by atoms with Crippen LogP contribution >= 0.6 is 0 Å².